The van der Waals surface area contributed by atoms with Crippen molar-refractivity contribution in [2.75, 3.05) is 0 Å². The van der Waals surface area contributed by atoms with Crippen LogP contribution in [-0.4, -0.2) is 22.7 Å². The molecule has 2 aliphatic rings. The van der Waals surface area contributed by atoms with Gasteiger partial charge in [-0.15, -0.1) is 0 Å². The fraction of sp³-hybridized carbons (Fsp3) is 0.923. The Balaban J connectivity index is 1.90. The van der Waals surface area contributed by atoms with E-state index in [1.165, 1.54) is 0 Å². The molecule has 0 amide bonds. The number of alkyl halides is 6. The van der Waals surface area contributed by atoms with Crippen LogP contribution in [0.25, 0.3) is 0 Å². The van der Waals surface area contributed by atoms with Crippen LogP contribution in [0.4, 0.5) is 22.0 Å². The molecule has 0 bridgehead atoms. The molecule has 2 rings (SSSR count). The molecule has 0 aromatic rings. The molecule has 1 atom stereocenters. The van der Waals surface area contributed by atoms with E-state index in [1.54, 1.807) is 0 Å². The van der Waals surface area contributed by atoms with Gasteiger partial charge in [-0.25, -0.2) is 8.78 Å². The lowest BCUT2D eigenvalue weighted by molar-refractivity contribution is -0.190. The highest BCUT2D eigenvalue weighted by Crippen LogP contribution is 2.59. The first-order valence-corrected chi connectivity index (χ1v) is 7.62. The van der Waals surface area contributed by atoms with Gasteiger partial charge in [-0.2, -0.15) is 13.2 Å². The third-order valence-electron chi connectivity index (χ3n) is 4.43. The van der Waals surface area contributed by atoms with Gasteiger partial charge in [-0.05, 0) is 38.0 Å². The summed E-state index contributed by atoms with van der Waals surface area (Å²) in [5.41, 5.74) is -2.18. The first-order valence-electron chi connectivity index (χ1n) is 6.70. The van der Waals surface area contributed by atoms with Gasteiger partial charge in [0.2, 0.25) is 5.92 Å². The highest BCUT2D eigenvalue weighted by molar-refractivity contribution is 9.10. The molecule has 1 nitrogen and oxygen atoms in total. The van der Waals surface area contributed by atoms with Crippen LogP contribution in [0.5, 0.6) is 0 Å². The Morgan fingerprint density at radius 3 is 2.05 bits per heavy atom. The largest absolute Gasteiger partial charge is 0.401 e. The van der Waals surface area contributed by atoms with Crippen LogP contribution in [0.2, 0.25) is 0 Å². The normalized spacial score (nSPS) is 27.1. The number of carbonyl (C=O) groups excluding carboxylic acids is 1. The number of rotatable bonds is 4. The van der Waals surface area contributed by atoms with E-state index in [4.69, 9.17) is 0 Å². The van der Waals surface area contributed by atoms with Gasteiger partial charge in [0, 0.05) is 12.8 Å². The summed E-state index contributed by atoms with van der Waals surface area (Å²) in [6.45, 7) is 0. The Labute approximate surface area is 122 Å². The van der Waals surface area contributed by atoms with Crippen molar-refractivity contribution >= 4 is 21.7 Å². The zero-order chi connectivity index (χ0) is 15.2. The van der Waals surface area contributed by atoms with E-state index in [0.29, 0.717) is 0 Å². The predicted molar refractivity (Wildman–Crippen MR) is 67.0 cm³/mol. The maximum absolute atomic E-state index is 13.0. The molecule has 2 saturated carbocycles. The van der Waals surface area contributed by atoms with Crippen molar-refractivity contribution in [2.45, 2.75) is 61.9 Å². The first kappa shape index (κ1) is 16.2. The monoisotopic (exact) mass is 362 g/mol. The summed E-state index contributed by atoms with van der Waals surface area (Å²) < 4.78 is 64.5. The number of Topliss-reactive ketones (excluding diaryl/α,β-unsaturated/α-hetero) is 1. The van der Waals surface area contributed by atoms with E-state index in [9.17, 15) is 26.7 Å². The highest BCUT2D eigenvalue weighted by Gasteiger charge is 2.68. The van der Waals surface area contributed by atoms with Crippen LogP contribution in [0, 0.1) is 11.3 Å². The molecule has 2 aliphatic carbocycles. The van der Waals surface area contributed by atoms with E-state index in [2.05, 4.69) is 15.9 Å². The van der Waals surface area contributed by atoms with Crippen LogP contribution in [0.3, 0.4) is 0 Å². The third kappa shape index (κ3) is 3.17. The fourth-order valence-corrected chi connectivity index (χ4v) is 3.80. The van der Waals surface area contributed by atoms with Crippen molar-refractivity contribution in [1.29, 1.82) is 0 Å². The maximum Gasteiger partial charge on any atom is 0.401 e. The number of ketones is 1. The molecule has 0 aromatic carbocycles. The average molecular weight is 363 g/mol. The quantitative estimate of drug-likeness (QED) is 0.514. The minimum Gasteiger partial charge on any atom is -0.297 e. The predicted octanol–water partition coefficient (Wildman–Crippen LogP) is 4.88. The molecule has 0 radical (unpaired) electrons. The molecule has 2 fully saturated rings. The van der Waals surface area contributed by atoms with E-state index in [0.717, 1.165) is 0 Å². The summed E-state index contributed by atoms with van der Waals surface area (Å²) in [5.74, 6) is -3.60. The van der Waals surface area contributed by atoms with Gasteiger partial charge in [0.25, 0.3) is 0 Å². The second-order valence-corrected chi connectivity index (χ2v) is 7.05. The van der Waals surface area contributed by atoms with Crippen molar-refractivity contribution < 1.29 is 26.7 Å². The number of hydrogen-bond acceptors (Lipinski definition) is 1. The lowest BCUT2D eigenvalue weighted by Gasteiger charge is -2.30. The third-order valence-corrected chi connectivity index (χ3v) is 5.22. The second-order valence-electron chi connectivity index (χ2n) is 5.95. The topological polar surface area (TPSA) is 17.1 Å². The molecular weight excluding hydrogens is 347 g/mol. The summed E-state index contributed by atoms with van der Waals surface area (Å²) in [4.78, 5) is 11.1. The van der Waals surface area contributed by atoms with Crippen molar-refractivity contribution in [3.05, 3.63) is 0 Å². The SMILES string of the molecule is O=C(C(Br)CC1CCC(F)(F)CC1)C1(C(F)(F)F)CC1. The molecule has 116 valence electrons. The van der Waals surface area contributed by atoms with Gasteiger partial charge in [0.1, 0.15) is 5.41 Å². The summed E-state index contributed by atoms with van der Waals surface area (Å²) in [5, 5.41) is 0. The molecule has 0 heterocycles. The van der Waals surface area contributed by atoms with E-state index >= 15 is 0 Å². The zero-order valence-electron chi connectivity index (χ0n) is 10.8. The molecule has 1 unspecified atom stereocenters. The second kappa shape index (κ2) is 5.21. The molecule has 0 saturated heterocycles. The first-order chi connectivity index (χ1) is 9.07. The fourth-order valence-electron chi connectivity index (χ4n) is 2.83. The Morgan fingerprint density at radius 2 is 1.65 bits per heavy atom. The number of hydrogen-bond donors (Lipinski definition) is 0. The van der Waals surface area contributed by atoms with E-state index in [-0.39, 0.29) is 50.9 Å². The van der Waals surface area contributed by atoms with Crippen LogP contribution < -0.4 is 0 Å². The smallest absolute Gasteiger partial charge is 0.297 e. The van der Waals surface area contributed by atoms with Crippen molar-refractivity contribution in [2.24, 2.45) is 11.3 Å². The van der Waals surface area contributed by atoms with Crippen LogP contribution in [-0.2, 0) is 4.79 Å². The maximum atomic E-state index is 13.0. The van der Waals surface area contributed by atoms with Crippen LogP contribution in [0.15, 0.2) is 0 Å². The molecule has 0 spiro atoms. The molecule has 0 N–H and O–H groups in total. The van der Waals surface area contributed by atoms with E-state index < -0.39 is 28.1 Å². The average Bonchev–Trinajstić information content (AvgIpc) is 3.11. The van der Waals surface area contributed by atoms with Crippen molar-refractivity contribution in [1.82, 2.24) is 0 Å². The molecule has 20 heavy (non-hydrogen) atoms. The van der Waals surface area contributed by atoms with Crippen molar-refractivity contribution in [3.8, 4) is 0 Å². The molecule has 0 aromatic heterocycles. The van der Waals surface area contributed by atoms with Gasteiger partial charge >= 0.3 is 6.18 Å². The minimum atomic E-state index is -4.50. The van der Waals surface area contributed by atoms with Crippen LogP contribution >= 0.6 is 15.9 Å². The summed E-state index contributed by atoms with van der Waals surface area (Å²) in [6.07, 6.45) is -4.54. The van der Waals surface area contributed by atoms with Gasteiger partial charge in [0.15, 0.2) is 5.78 Å². The summed E-state index contributed by atoms with van der Waals surface area (Å²) >= 11 is 3.04. The summed E-state index contributed by atoms with van der Waals surface area (Å²) in [6, 6.07) is 0. The molecule has 7 heteroatoms. The minimum absolute atomic E-state index is 0.105. The van der Waals surface area contributed by atoms with Crippen molar-refractivity contribution in [3.63, 3.8) is 0 Å². The summed E-state index contributed by atoms with van der Waals surface area (Å²) in [7, 11) is 0. The van der Waals surface area contributed by atoms with Crippen LogP contribution in [0.1, 0.15) is 44.9 Å². The Hall–Kier alpha value is -0.200. The lowest BCUT2D eigenvalue weighted by Crippen LogP contribution is -2.38. The van der Waals surface area contributed by atoms with Gasteiger partial charge < -0.3 is 0 Å². The zero-order valence-corrected chi connectivity index (χ0v) is 12.4. The Bertz CT molecular complexity index is 379. The van der Waals surface area contributed by atoms with E-state index in [1.807, 2.05) is 0 Å². The van der Waals surface area contributed by atoms with Gasteiger partial charge in [-0.3, -0.25) is 4.79 Å². The van der Waals surface area contributed by atoms with Gasteiger partial charge in [-0.1, -0.05) is 15.9 Å². The Morgan fingerprint density at radius 1 is 1.15 bits per heavy atom. The molecule has 0 aliphatic heterocycles. The lowest BCUT2D eigenvalue weighted by atomic mass is 9.82. The Kier molecular flexibility index (Phi) is 4.22. The highest BCUT2D eigenvalue weighted by atomic mass is 79.9. The number of carbonyl (C=O) groups is 1. The molecular formula is C13H16BrF5O. The standard InChI is InChI=1S/C13H16BrF5O/c14-9(7-8-1-3-12(15,16)4-2-8)10(20)11(5-6-11)13(17,18)19/h8-9H,1-7H2. The van der Waals surface area contributed by atoms with Gasteiger partial charge in [0.05, 0.1) is 4.83 Å². The number of halogens is 6.